The van der Waals surface area contributed by atoms with E-state index in [1.165, 1.54) is 0 Å². The van der Waals surface area contributed by atoms with E-state index in [1.807, 2.05) is 24.3 Å². The van der Waals surface area contributed by atoms with Crippen LogP contribution in [0.25, 0.3) is 33.4 Å². The van der Waals surface area contributed by atoms with E-state index < -0.39 is 35.3 Å². The smallest absolute Gasteiger partial charge is 0.192 e. The summed E-state index contributed by atoms with van der Waals surface area (Å²) in [7, 11) is 0. The Kier molecular flexibility index (Phi) is 7.77. The van der Waals surface area contributed by atoms with E-state index in [-0.39, 0.29) is 44.5 Å². The van der Waals surface area contributed by atoms with Crippen molar-refractivity contribution in [2.75, 3.05) is 0 Å². The van der Waals surface area contributed by atoms with Gasteiger partial charge in [-0.25, -0.2) is 0 Å². The molecule has 4 aromatic carbocycles. The molecule has 6 rings (SSSR count). The molecule has 6 nitrogen and oxygen atoms in total. The van der Waals surface area contributed by atoms with E-state index in [9.17, 15) is 57.9 Å². The normalized spacial score (nSPS) is 15.6. The minimum atomic E-state index is -4.69. The van der Waals surface area contributed by atoms with Gasteiger partial charge in [0, 0.05) is 11.8 Å². The molecule has 0 aliphatic heterocycles. The maximum absolute atomic E-state index is 13.4. The number of halogens is 6. The molecule has 0 amide bonds. The van der Waals surface area contributed by atoms with Crippen molar-refractivity contribution in [1.29, 1.82) is 31.6 Å². The van der Waals surface area contributed by atoms with Crippen molar-refractivity contribution >= 4 is 11.1 Å². The number of nitriles is 6. The Morgan fingerprint density at radius 2 is 0.820 bits per heavy atom. The van der Waals surface area contributed by atoms with Crippen molar-refractivity contribution in [2.45, 2.75) is 24.2 Å². The van der Waals surface area contributed by atoms with Crippen molar-refractivity contribution in [1.82, 2.24) is 0 Å². The first-order valence-corrected chi connectivity index (χ1v) is 14.4. The molecule has 2 unspecified atom stereocenters. The molecule has 4 aromatic rings. The van der Waals surface area contributed by atoms with Gasteiger partial charge in [-0.1, -0.05) is 36.4 Å². The average Bonchev–Trinajstić information content (AvgIpc) is 3.60. The summed E-state index contributed by atoms with van der Waals surface area (Å²) in [4.78, 5) is 0. The quantitative estimate of drug-likeness (QED) is 0.154. The number of hydrogen-bond donors (Lipinski definition) is 0. The molecule has 0 fully saturated rings. The Labute approximate surface area is 280 Å². The maximum atomic E-state index is 13.4. The second-order valence-electron chi connectivity index (χ2n) is 11.3. The van der Waals surface area contributed by atoms with Gasteiger partial charge in [0.2, 0.25) is 0 Å². The Balaban J connectivity index is 1.59. The first-order valence-electron chi connectivity index (χ1n) is 14.4. The molecule has 0 aromatic heterocycles. The molecule has 12 heteroatoms. The Morgan fingerprint density at radius 3 is 1.12 bits per heavy atom. The summed E-state index contributed by atoms with van der Waals surface area (Å²) in [6.45, 7) is 0. The van der Waals surface area contributed by atoms with Crippen molar-refractivity contribution in [2.24, 2.45) is 0 Å². The van der Waals surface area contributed by atoms with Crippen LogP contribution in [0.1, 0.15) is 56.3 Å². The Bertz CT molecular complexity index is 2290. The average molecular weight is 669 g/mol. The van der Waals surface area contributed by atoms with E-state index in [2.05, 4.69) is 0 Å². The first kappa shape index (κ1) is 32.8. The standard InChI is InChI=1S/C38H14F6N6/c39-37(40,41)25-3-7-27(21(9-25)13-45)19-1-5-29-31(11-19)33(23(15-47)16-48)36-30-6-2-20(12-32(30)34(35(29)36)24(17-49)18-50)28-8-4-26(38(42,43)44)10-22(28)14-46/h1-12,35-36H. The Hall–Kier alpha value is -7.12. The lowest BCUT2D eigenvalue weighted by atomic mass is 9.86. The summed E-state index contributed by atoms with van der Waals surface area (Å²) in [6, 6.07) is 26.0. The van der Waals surface area contributed by atoms with Crippen LogP contribution in [0, 0.1) is 68.0 Å². The van der Waals surface area contributed by atoms with Gasteiger partial charge in [-0.15, -0.1) is 0 Å². The zero-order valence-electron chi connectivity index (χ0n) is 25.0. The largest absolute Gasteiger partial charge is 0.416 e. The van der Waals surface area contributed by atoms with Crippen LogP contribution in [-0.2, 0) is 12.4 Å². The van der Waals surface area contributed by atoms with Crippen molar-refractivity contribution in [3.8, 4) is 58.7 Å². The third-order valence-electron chi connectivity index (χ3n) is 8.85. The summed E-state index contributed by atoms with van der Waals surface area (Å²) < 4.78 is 80.3. The van der Waals surface area contributed by atoms with Gasteiger partial charge in [-0.2, -0.15) is 57.9 Å². The molecule has 2 atom stereocenters. The van der Waals surface area contributed by atoms with Crippen molar-refractivity contribution in [3.63, 3.8) is 0 Å². The van der Waals surface area contributed by atoms with Gasteiger partial charge in [-0.3, -0.25) is 0 Å². The van der Waals surface area contributed by atoms with Crippen LogP contribution in [0.5, 0.6) is 0 Å². The van der Waals surface area contributed by atoms with Crippen LogP contribution in [0.2, 0.25) is 0 Å². The Morgan fingerprint density at radius 1 is 0.460 bits per heavy atom. The van der Waals surface area contributed by atoms with E-state index in [4.69, 9.17) is 0 Å². The highest BCUT2D eigenvalue weighted by molar-refractivity contribution is 6.00. The molecule has 2 aliphatic rings. The number of nitrogens with zero attached hydrogens (tertiary/aromatic N) is 6. The lowest BCUT2D eigenvalue weighted by Gasteiger charge is -2.15. The van der Waals surface area contributed by atoms with E-state index in [0.717, 1.165) is 36.4 Å². The fourth-order valence-corrected chi connectivity index (χ4v) is 6.80. The number of allylic oxidation sites excluding steroid dienone is 4. The van der Waals surface area contributed by atoms with Gasteiger partial charge < -0.3 is 0 Å². The van der Waals surface area contributed by atoms with E-state index >= 15 is 0 Å². The molecule has 0 saturated carbocycles. The molecule has 0 saturated heterocycles. The zero-order valence-corrected chi connectivity index (χ0v) is 25.0. The zero-order chi connectivity index (χ0) is 36.1. The lowest BCUT2D eigenvalue weighted by Crippen LogP contribution is -2.05. The van der Waals surface area contributed by atoms with Gasteiger partial charge in [0.05, 0.1) is 34.4 Å². The van der Waals surface area contributed by atoms with E-state index in [1.54, 1.807) is 48.5 Å². The fraction of sp³-hybridized carbons (Fsp3) is 0.105. The summed E-state index contributed by atoms with van der Waals surface area (Å²) in [5.74, 6) is -1.59. The van der Waals surface area contributed by atoms with E-state index in [0.29, 0.717) is 33.4 Å². The molecule has 0 spiro atoms. The van der Waals surface area contributed by atoms with Crippen LogP contribution in [-0.4, -0.2) is 0 Å². The highest BCUT2D eigenvalue weighted by Crippen LogP contribution is 2.64. The van der Waals surface area contributed by atoms with Crippen LogP contribution >= 0.6 is 0 Å². The maximum Gasteiger partial charge on any atom is 0.416 e. The molecule has 238 valence electrons. The molecule has 0 N–H and O–H groups in total. The molecular weight excluding hydrogens is 654 g/mol. The summed E-state index contributed by atoms with van der Waals surface area (Å²) in [6.07, 6.45) is -9.39. The van der Waals surface area contributed by atoms with Crippen LogP contribution < -0.4 is 0 Å². The lowest BCUT2D eigenvalue weighted by molar-refractivity contribution is -0.138. The van der Waals surface area contributed by atoms with Gasteiger partial charge in [0.15, 0.2) is 0 Å². The predicted molar refractivity (Wildman–Crippen MR) is 165 cm³/mol. The fourth-order valence-electron chi connectivity index (χ4n) is 6.80. The summed E-state index contributed by atoms with van der Waals surface area (Å²) in [5.41, 5.74) is -0.0562. The highest BCUT2D eigenvalue weighted by atomic mass is 19.4. The molecular formula is C38H14F6N6. The first-order chi connectivity index (χ1) is 23.8. The van der Waals surface area contributed by atoms with Crippen LogP contribution in [0.3, 0.4) is 0 Å². The van der Waals surface area contributed by atoms with Gasteiger partial charge in [0.1, 0.15) is 35.4 Å². The molecule has 0 bridgehead atoms. The third kappa shape index (κ3) is 5.10. The minimum absolute atomic E-state index is 0.163. The SMILES string of the molecule is N#CC(C#N)=C1c2cc(-c3ccc(C(F)(F)F)cc3C#N)ccc2C2C(=C(C#N)C#N)c3cc(-c4ccc(C(F)(F)F)cc4C#N)ccc3C12. The number of alkyl halides is 6. The monoisotopic (exact) mass is 668 g/mol. The number of hydrogen-bond acceptors (Lipinski definition) is 6. The third-order valence-corrected chi connectivity index (χ3v) is 8.85. The minimum Gasteiger partial charge on any atom is -0.192 e. The van der Waals surface area contributed by atoms with Gasteiger partial charge in [-0.05, 0) is 92.1 Å². The highest BCUT2D eigenvalue weighted by Gasteiger charge is 2.49. The van der Waals surface area contributed by atoms with Crippen molar-refractivity contribution < 1.29 is 26.3 Å². The van der Waals surface area contributed by atoms with Gasteiger partial charge >= 0.3 is 12.4 Å². The molecule has 0 radical (unpaired) electrons. The topological polar surface area (TPSA) is 143 Å². The molecule has 2 aliphatic carbocycles. The number of benzene rings is 4. The number of fused-ring (bicyclic) bond motifs is 5. The van der Waals surface area contributed by atoms with Crippen LogP contribution in [0.15, 0.2) is 83.9 Å². The summed E-state index contributed by atoms with van der Waals surface area (Å²) in [5, 5.41) is 59.6. The number of rotatable bonds is 2. The van der Waals surface area contributed by atoms with Crippen LogP contribution in [0.4, 0.5) is 26.3 Å². The summed E-state index contributed by atoms with van der Waals surface area (Å²) >= 11 is 0. The second-order valence-corrected chi connectivity index (χ2v) is 11.3. The molecule has 0 heterocycles. The second kappa shape index (κ2) is 11.8. The molecule has 50 heavy (non-hydrogen) atoms. The van der Waals surface area contributed by atoms with Crippen molar-refractivity contribution in [3.05, 3.63) is 128 Å². The van der Waals surface area contributed by atoms with Gasteiger partial charge in [0.25, 0.3) is 0 Å². The predicted octanol–water partition coefficient (Wildman–Crippen LogP) is 9.30.